The molecule has 2 aromatic rings. The first kappa shape index (κ1) is 14.1. The molecule has 0 aliphatic rings. The summed E-state index contributed by atoms with van der Waals surface area (Å²) in [4.78, 5) is 11.6. The van der Waals surface area contributed by atoms with Crippen LogP contribution in [-0.2, 0) is 0 Å². The first-order valence-electron chi connectivity index (χ1n) is 5.47. The van der Waals surface area contributed by atoms with Gasteiger partial charge in [0, 0.05) is 22.8 Å². The minimum Gasteiger partial charge on any atom is -0.503 e. The summed E-state index contributed by atoms with van der Waals surface area (Å²) in [7, 11) is 0. The van der Waals surface area contributed by atoms with Crippen LogP contribution in [0.15, 0.2) is 36.4 Å². The van der Waals surface area contributed by atoms with Gasteiger partial charge in [-0.1, -0.05) is 11.6 Å². The number of urea groups is 1. The number of aromatic hydroxyl groups is 1. The molecular weight excluding hydrogens is 290 g/mol. The van der Waals surface area contributed by atoms with Gasteiger partial charge in [0.15, 0.2) is 11.6 Å². The number of phenols is 1. The van der Waals surface area contributed by atoms with Gasteiger partial charge >= 0.3 is 6.03 Å². The Labute approximate surface area is 118 Å². The van der Waals surface area contributed by atoms with Gasteiger partial charge in [0.05, 0.1) is 5.69 Å². The second kappa shape index (κ2) is 5.75. The summed E-state index contributed by atoms with van der Waals surface area (Å²) in [6, 6.07) is 6.79. The number of rotatable bonds is 2. The smallest absolute Gasteiger partial charge is 0.323 e. The van der Waals surface area contributed by atoms with E-state index in [4.69, 9.17) is 11.6 Å². The Morgan fingerprint density at radius 3 is 2.40 bits per heavy atom. The average Bonchev–Trinajstić information content (AvgIpc) is 2.38. The molecule has 0 aromatic heterocycles. The lowest BCUT2D eigenvalue weighted by Gasteiger charge is -2.09. The van der Waals surface area contributed by atoms with Crippen LogP contribution in [0.4, 0.5) is 25.0 Å². The van der Waals surface area contributed by atoms with E-state index in [0.29, 0.717) is 16.8 Å². The van der Waals surface area contributed by atoms with Crippen molar-refractivity contribution in [1.82, 2.24) is 0 Å². The minimum atomic E-state index is -1.16. The molecule has 104 valence electrons. The fourth-order valence-corrected chi connectivity index (χ4v) is 1.61. The fourth-order valence-electron chi connectivity index (χ4n) is 1.48. The molecule has 4 nitrogen and oxygen atoms in total. The van der Waals surface area contributed by atoms with E-state index in [0.717, 1.165) is 6.07 Å². The van der Waals surface area contributed by atoms with E-state index in [1.807, 2.05) is 0 Å². The lowest BCUT2D eigenvalue weighted by molar-refractivity contribution is 0.262. The number of carbonyl (C=O) groups is 1. The maximum atomic E-state index is 13.1. The van der Waals surface area contributed by atoms with Crippen molar-refractivity contribution < 1.29 is 18.7 Å². The lowest BCUT2D eigenvalue weighted by Crippen LogP contribution is -2.19. The van der Waals surface area contributed by atoms with Crippen LogP contribution in [0.3, 0.4) is 0 Å². The van der Waals surface area contributed by atoms with Crippen LogP contribution in [0.5, 0.6) is 5.75 Å². The van der Waals surface area contributed by atoms with E-state index in [1.54, 1.807) is 24.3 Å². The van der Waals surface area contributed by atoms with Gasteiger partial charge in [0.1, 0.15) is 5.82 Å². The van der Waals surface area contributed by atoms with E-state index in [1.165, 1.54) is 0 Å². The Kier molecular flexibility index (Phi) is 4.05. The summed E-state index contributed by atoms with van der Waals surface area (Å²) in [5.41, 5.74) is 0.0669. The quantitative estimate of drug-likeness (QED) is 0.735. The van der Waals surface area contributed by atoms with Crippen molar-refractivity contribution in [2.24, 2.45) is 0 Å². The van der Waals surface area contributed by atoms with Crippen molar-refractivity contribution in [3.05, 3.63) is 53.1 Å². The number of hydrogen-bond acceptors (Lipinski definition) is 2. The molecule has 20 heavy (non-hydrogen) atoms. The number of anilines is 2. The standard InChI is InChI=1S/C13H9ClF2N2O2/c14-7-1-3-9(4-2-7)17-13(20)18-11-6-8(15)5-10(16)12(11)19/h1-6,19H,(H2,17,18,20). The molecule has 0 atom stereocenters. The third-order valence-corrected chi connectivity index (χ3v) is 2.63. The van der Waals surface area contributed by atoms with Crippen molar-refractivity contribution in [3.63, 3.8) is 0 Å². The number of halogens is 3. The predicted octanol–water partition coefficient (Wildman–Crippen LogP) is 3.97. The monoisotopic (exact) mass is 298 g/mol. The molecule has 0 saturated heterocycles. The molecule has 2 amide bonds. The zero-order chi connectivity index (χ0) is 14.7. The van der Waals surface area contributed by atoms with Crippen LogP contribution < -0.4 is 10.6 Å². The van der Waals surface area contributed by atoms with Crippen LogP contribution >= 0.6 is 11.6 Å². The van der Waals surface area contributed by atoms with Crippen LogP contribution in [0, 0.1) is 11.6 Å². The zero-order valence-corrected chi connectivity index (χ0v) is 10.7. The Bertz CT molecular complexity index is 648. The topological polar surface area (TPSA) is 61.4 Å². The molecule has 2 rings (SSSR count). The summed E-state index contributed by atoms with van der Waals surface area (Å²) >= 11 is 5.69. The van der Waals surface area contributed by atoms with Gasteiger partial charge in [-0.3, -0.25) is 0 Å². The van der Waals surface area contributed by atoms with Gasteiger partial charge in [-0.15, -0.1) is 0 Å². The number of amides is 2. The van der Waals surface area contributed by atoms with E-state index in [-0.39, 0.29) is 5.69 Å². The Hall–Kier alpha value is -2.34. The van der Waals surface area contributed by atoms with Crippen molar-refractivity contribution in [3.8, 4) is 5.75 Å². The fraction of sp³-hybridized carbons (Fsp3) is 0. The van der Waals surface area contributed by atoms with Crippen molar-refractivity contribution in [2.45, 2.75) is 0 Å². The molecule has 0 bridgehead atoms. The highest BCUT2D eigenvalue weighted by molar-refractivity contribution is 6.30. The first-order chi connectivity index (χ1) is 9.45. The summed E-state index contributed by atoms with van der Waals surface area (Å²) in [5.74, 6) is -2.91. The van der Waals surface area contributed by atoms with Crippen LogP contribution in [0.25, 0.3) is 0 Å². The average molecular weight is 299 g/mol. The molecule has 0 heterocycles. The Morgan fingerprint density at radius 2 is 1.75 bits per heavy atom. The van der Waals surface area contributed by atoms with Gasteiger partial charge in [0.25, 0.3) is 0 Å². The van der Waals surface area contributed by atoms with Crippen molar-refractivity contribution >= 4 is 29.0 Å². The zero-order valence-electron chi connectivity index (χ0n) is 9.95. The van der Waals surface area contributed by atoms with Gasteiger partial charge < -0.3 is 15.7 Å². The van der Waals surface area contributed by atoms with Crippen molar-refractivity contribution in [1.29, 1.82) is 0 Å². The normalized spacial score (nSPS) is 10.2. The summed E-state index contributed by atoms with van der Waals surface area (Å²) < 4.78 is 26.1. The Morgan fingerprint density at radius 1 is 1.10 bits per heavy atom. The molecule has 7 heteroatoms. The van der Waals surface area contributed by atoms with Crippen LogP contribution in [-0.4, -0.2) is 11.1 Å². The molecule has 3 N–H and O–H groups in total. The first-order valence-corrected chi connectivity index (χ1v) is 5.85. The highest BCUT2D eigenvalue weighted by atomic mass is 35.5. The maximum absolute atomic E-state index is 13.1. The highest BCUT2D eigenvalue weighted by Crippen LogP contribution is 2.27. The SMILES string of the molecule is O=C(Nc1ccc(Cl)cc1)Nc1cc(F)cc(F)c1O. The van der Waals surface area contributed by atoms with E-state index in [9.17, 15) is 18.7 Å². The molecule has 0 radical (unpaired) electrons. The predicted molar refractivity (Wildman–Crippen MR) is 72.1 cm³/mol. The van der Waals surface area contributed by atoms with E-state index in [2.05, 4.69) is 10.6 Å². The van der Waals surface area contributed by atoms with Crippen LogP contribution in [0.1, 0.15) is 0 Å². The molecule has 0 saturated carbocycles. The van der Waals surface area contributed by atoms with E-state index >= 15 is 0 Å². The molecule has 0 unspecified atom stereocenters. The van der Waals surface area contributed by atoms with Gasteiger partial charge in [-0.05, 0) is 24.3 Å². The number of benzene rings is 2. The molecule has 0 spiro atoms. The third-order valence-electron chi connectivity index (χ3n) is 2.38. The largest absolute Gasteiger partial charge is 0.503 e. The number of carbonyl (C=O) groups excluding carboxylic acids is 1. The molecule has 0 fully saturated rings. The number of hydrogen-bond donors (Lipinski definition) is 3. The number of nitrogens with one attached hydrogen (secondary N) is 2. The Balaban J connectivity index is 2.10. The van der Waals surface area contributed by atoms with Crippen LogP contribution in [0.2, 0.25) is 5.02 Å². The minimum absolute atomic E-state index is 0.367. The molecule has 0 aliphatic heterocycles. The van der Waals surface area contributed by atoms with Crippen molar-refractivity contribution in [2.75, 3.05) is 10.6 Å². The number of phenolic OH excluding ortho intramolecular Hbond substituents is 1. The molecular formula is C13H9ClF2N2O2. The van der Waals surface area contributed by atoms with Gasteiger partial charge in [0.2, 0.25) is 0 Å². The molecule has 0 aliphatic carbocycles. The lowest BCUT2D eigenvalue weighted by atomic mass is 10.2. The highest BCUT2D eigenvalue weighted by Gasteiger charge is 2.12. The second-order valence-electron chi connectivity index (χ2n) is 3.87. The summed E-state index contributed by atoms with van der Waals surface area (Å²) in [6.07, 6.45) is 0. The van der Waals surface area contributed by atoms with E-state index < -0.39 is 23.4 Å². The second-order valence-corrected chi connectivity index (χ2v) is 4.31. The van der Waals surface area contributed by atoms with Gasteiger partial charge in [-0.25, -0.2) is 13.6 Å². The maximum Gasteiger partial charge on any atom is 0.323 e. The third kappa shape index (κ3) is 3.36. The molecule has 2 aromatic carbocycles. The summed E-state index contributed by atoms with van der Waals surface area (Å²) in [6.45, 7) is 0. The summed E-state index contributed by atoms with van der Waals surface area (Å²) in [5, 5.41) is 14.4. The van der Waals surface area contributed by atoms with Gasteiger partial charge in [-0.2, -0.15) is 0 Å².